The fourth-order valence-electron chi connectivity index (χ4n) is 1.09. The van der Waals surface area contributed by atoms with Crippen molar-refractivity contribution in [3.05, 3.63) is 30.5 Å². The highest BCUT2D eigenvalue weighted by Crippen LogP contribution is 2.18. The SMILES string of the molecule is COc1ccc2[nH][c]cc2c1. The van der Waals surface area contributed by atoms with Crippen molar-refractivity contribution in [2.24, 2.45) is 0 Å². The molecule has 1 heterocycles. The van der Waals surface area contributed by atoms with Crippen LogP contribution in [0.15, 0.2) is 24.3 Å². The van der Waals surface area contributed by atoms with Gasteiger partial charge >= 0.3 is 0 Å². The first-order valence-electron chi connectivity index (χ1n) is 3.43. The number of benzene rings is 1. The molecule has 0 aliphatic rings. The van der Waals surface area contributed by atoms with Crippen LogP contribution >= 0.6 is 0 Å². The second-order valence-corrected chi connectivity index (χ2v) is 2.37. The number of H-pyrrole nitrogens is 1. The third-order valence-corrected chi connectivity index (χ3v) is 1.69. The Balaban J connectivity index is 2.67. The van der Waals surface area contributed by atoms with Crippen molar-refractivity contribution in [3.8, 4) is 5.75 Å². The Bertz CT molecular complexity index is 364. The summed E-state index contributed by atoms with van der Waals surface area (Å²) in [4.78, 5) is 2.99. The molecule has 2 nitrogen and oxygen atoms in total. The van der Waals surface area contributed by atoms with E-state index in [0.717, 1.165) is 16.7 Å². The molecule has 1 aromatic carbocycles. The first-order valence-corrected chi connectivity index (χ1v) is 3.43. The second kappa shape index (κ2) is 2.31. The molecule has 2 heteroatoms. The van der Waals surface area contributed by atoms with Gasteiger partial charge in [0.2, 0.25) is 0 Å². The van der Waals surface area contributed by atoms with Gasteiger partial charge in [-0.15, -0.1) is 0 Å². The molecule has 0 spiro atoms. The molecule has 55 valence electrons. The monoisotopic (exact) mass is 146 g/mol. The summed E-state index contributed by atoms with van der Waals surface area (Å²) in [7, 11) is 1.66. The summed E-state index contributed by atoms with van der Waals surface area (Å²) in [6, 6.07) is 7.78. The summed E-state index contributed by atoms with van der Waals surface area (Å²) in [5, 5.41) is 1.13. The molecular formula is C9H8NO. The molecule has 0 atom stereocenters. The summed E-state index contributed by atoms with van der Waals surface area (Å²) in [6.07, 6.45) is 2.91. The minimum absolute atomic E-state index is 0.880. The quantitative estimate of drug-likeness (QED) is 0.653. The number of hydrogen-bond donors (Lipinski definition) is 1. The molecule has 2 aromatic rings. The first kappa shape index (κ1) is 6.28. The summed E-state index contributed by atoms with van der Waals surface area (Å²) >= 11 is 0. The van der Waals surface area contributed by atoms with Gasteiger partial charge in [-0.2, -0.15) is 0 Å². The molecule has 0 saturated carbocycles. The highest BCUT2D eigenvalue weighted by molar-refractivity contribution is 5.80. The van der Waals surface area contributed by atoms with Crippen molar-refractivity contribution in [3.63, 3.8) is 0 Å². The van der Waals surface area contributed by atoms with Crippen molar-refractivity contribution in [2.45, 2.75) is 0 Å². The molecule has 0 aliphatic carbocycles. The molecule has 0 fully saturated rings. The van der Waals surface area contributed by atoms with Crippen molar-refractivity contribution in [1.82, 2.24) is 4.98 Å². The van der Waals surface area contributed by atoms with Crippen LogP contribution in [0, 0.1) is 6.20 Å². The van der Waals surface area contributed by atoms with Gasteiger partial charge in [-0.05, 0) is 24.3 Å². The number of hydrogen-bond acceptors (Lipinski definition) is 1. The van der Waals surface area contributed by atoms with E-state index in [9.17, 15) is 0 Å². The van der Waals surface area contributed by atoms with E-state index in [2.05, 4.69) is 11.2 Å². The minimum atomic E-state index is 0.880. The Morgan fingerprint density at radius 2 is 2.36 bits per heavy atom. The largest absolute Gasteiger partial charge is 0.497 e. The van der Waals surface area contributed by atoms with E-state index in [1.807, 2.05) is 24.3 Å². The number of nitrogens with one attached hydrogen (secondary N) is 1. The first-order chi connectivity index (χ1) is 5.40. The van der Waals surface area contributed by atoms with Crippen molar-refractivity contribution < 1.29 is 4.74 Å². The standard InChI is InChI=1S/C9H8NO/c1-11-8-2-3-9-7(6-8)4-5-10-9/h2-4,6,10H,1H3. The van der Waals surface area contributed by atoms with E-state index in [0.29, 0.717) is 0 Å². The van der Waals surface area contributed by atoms with Crippen molar-refractivity contribution in [2.75, 3.05) is 7.11 Å². The smallest absolute Gasteiger partial charge is 0.119 e. The van der Waals surface area contributed by atoms with Gasteiger partial charge in [0, 0.05) is 10.9 Å². The Morgan fingerprint density at radius 3 is 3.18 bits per heavy atom. The molecule has 11 heavy (non-hydrogen) atoms. The highest BCUT2D eigenvalue weighted by atomic mass is 16.5. The van der Waals surface area contributed by atoms with Crippen molar-refractivity contribution >= 4 is 10.9 Å². The van der Waals surface area contributed by atoms with Crippen LogP contribution in [-0.4, -0.2) is 12.1 Å². The van der Waals surface area contributed by atoms with Gasteiger partial charge < -0.3 is 9.72 Å². The third kappa shape index (κ3) is 0.963. The maximum absolute atomic E-state index is 5.06. The Labute approximate surface area is 64.8 Å². The highest BCUT2D eigenvalue weighted by Gasteiger charge is 1.94. The molecular weight excluding hydrogens is 138 g/mol. The van der Waals surface area contributed by atoms with E-state index >= 15 is 0 Å². The van der Waals surface area contributed by atoms with Crippen LogP contribution in [0.25, 0.3) is 10.9 Å². The number of aromatic amines is 1. The minimum Gasteiger partial charge on any atom is -0.497 e. The fourth-order valence-corrected chi connectivity index (χ4v) is 1.09. The van der Waals surface area contributed by atoms with Crippen LogP contribution in [-0.2, 0) is 0 Å². The van der Waals surface area contributed by atoms with Crippen LogP contribution in [0.3, 0.4) is 0 Å². The zero-order valence-corrected chi connectivity index (χ0v) is 6.22. The Kier molecular flexibility index (Phi) is 1.32. The number of ether oxygens (including phenoxy) is 1. The molecule has 0 unspecified atom stereocenters. The Morgan fingerprint density at radius 1 is 1.45 bits per heavy atom. The van der Waals surface area contributed by atoms with Gasteiger partial charge in [0.25, 0.3) is 0 Å². The van der Waals surface area contributed by atoms with Gasteiger partial charge in [0.1, 0.15) is 5.75 Å². The van der Waals surface area contributed by atoms with Crippen LogP contribution in [0.2, 0.25) is 0 Å². The van der Waals surface area contributed by atoms with Gasteiger partial charge in [-0.1, -0.05) is 0 Å². The van der Waals surface area contributed by atoms with E-state index in [4.69, 9.17) is 4.74 Å². The molecule has 0 bridgehead atoms. The molecule has 0 saturated heterocycles. The lowest BCUT2D eigenvalue weighted by molar-refractivity contribution is 0.415. The zero-order valence-electron chi connectivity index (χ0n) is 6.22. The van der Waals surface area contributed by atoms with E-state index in [1.165, 1.54) is 0 Å². The summed E-state index contributed by atoms with van der Waals surface area (Å²) < 4.78 is 5.06. The number of methoxy groups -OCH3 is 1. The number of aromatic nitrogens is 1. The second-order valence-electron chi connectivity index (χ2n) is 2.37. The lowest BCUT2D eigenvalue weighted by Crippen LogP contribution is -1.80. The van der Waals surface area contributed by atoms with Crippen LogP contribution in [0.4, 0.5) is 0 Å². The molecule has 1 N–H and O–H groups in total. The normalized spacial score (nSPS) is 10.3. The zero-order chi connectivity index (χ0) is 7.68. The third-order valence-electron chi connectivity index (χ3n) is 1.69. The topological polar surface area (TPSA) is 25.0 Å². The number of fused-ring (bicyclic) bond motifs is 1. The Hall–Kier alpha value is -1.44. The predicted molar refractivity (Wildman–Crippen MR) is 43.7 cm³/mol. The van der Waals surface area contributed by atoms with E-state index < -0.39 is 0 Å². The molecule has 1 radical (unpaired) electrons. The van der Waals surface area contributed by atoms with Gasteiger partial charge in [0.05, 0.1) is 13.3 Å². The predicted octanol–water partition coefficient (Wildman–Crippen LogP) is 1.98. The van der Waals surface area contributed by atoms with Gasteiger partial charge in [-0.25, -0.2) is 0 Å². The molecule has 2 rings (SSSR count). The average Bonchev–Trinajstić information content (AvgIpc) is 2.50. The van der Waals surface area contributed by atoms with Crippen LogP contribution < -0.4 is 4.74 Å². The fraction of sp³-hybridized carbons (Fsp3) is 0.111. The lowest BCUT2D eigenvalue weighted by atomic mass is 10.2. The van der Waals surface area contributed by atoms with E-state index in [1.54, 1.807) is 7.11 Å². The maximum atomic E-state index is 5.06. The maximum Gasteiger partial charge on any atom is 0.119 e. The summed E-state index contributed by atoms with van der Waals surface area (Å²) in [6.45, 7) is 0. The van der Waals surface area contributed by atoms with Crippen LogP contribution in [0.5, 0.6) is 5.75 Å². The molecule has 1 aromatic heterocycles. The lowest BCUT2D eigenvalue weighted by Gasteiger charge is -1.97. The van der Waals surface area contributed by atoms with Gasteiger partial charge in [0.15, 0.2) is 0 Å². The number of rotatable bonds is 1. The summed E-state index contributed by atoms with van der Waals surface area (Å²) in [5.74, 6) is 0.880. The average molecular weight is 146 g/mol. The summed E-state index contributed by atoms with van der Waals surface area (Å²) in [5.41, 5.74) is 1.09. The van der Waals surface area contributed by atoms with Gasteiger partial charge in [-0.3, -0.25) is 0 Å². The van der Waals surface area contributed by atoms with Crippen LogP contribution in [0.1, 0.15) is 0 Å². The van der Waals surface area contributed by atoms with Crippen molar-refractivity contribution in [1.29, 1.82) is 0 Å². The van der Waals surface area contributed by atoms with E-state index in [-0.39, 0.29) is 0 Å². The molecule has 0 aliphatic heterocycles. The molecule has 0 amide bonds.